The van der Waals surface area contributed by atoms with Crippen molar-refractivity contribution in [2.24, 2.45) is 0 Å². The molecule has 1 aliphatic heterocycles. The number of aryl methyl sites for hydroxylation is 1. The fourth-order valence-electron chi connectivity index (χ4n) is 3.19. The number of pyridine rings is 1. The summed E-state index contributed by atoms with van der Waals surface area (Å²) in [6.45, 7) is 5.27. The molecule has 1 N–H and O–H groups in total. The van der Waals surface area contributed by atoms with Crippen LogP contribution in [0.2, 0.25) is 0 Å². The van der Waals surface area contributed by atoms with Crippen LogP contribution in [-0.2, 0) is 6.54 Å². The van der Waals surface area contributed by atoms with Gasteiger partial charge in [0.15, 0.2) is 0 Å². The van der Waals surface area contributed by atoms with Crippen molar-refractivity contribution in [1.82, 2.24) is 9.38 Å². The van der Waals surface area contributed by atoms with E-state index in [0.29, 0.717) is 0 Å². The van der Waals surface area contributed by atoms with Gasteiger partial charge in [-0.1, -0.05) is 12.5 Å². The fourth-order valence-corrected chi connectivity index (χ4v) is 3.19. The maximum absolute atomic E-state index is 12.2. The Balaban J connectivity index is 1.83. The average molecular weight is 286 g/mol. The van der Waals surface area contributed by atoms with Gasteiger partial charge in [0.1, 0.15) is 17.9 Å². The van der Waals surface area contributed by atoms with Crippen LogP contribution in [0.15, 0.2) is 29.2 Å². The first kappa shape index (κ1) is 14.3. The largest absolute Gasteiger partial charge is 0.330 e. The molecule has 0 spiro atoms. The summed E-state index contributed by atoms with van der Waals surface area (Å²) in [5.74, 6) is 0. The number of aromatic nitrogens is 2. The third-order valence-corrected chi connectivity index (χ3v) is 4.35. The second-order valence-electron chi connectivity index (χ2n) is 6.21. The number of fused-ring (bicyclic) bond motifs is 1. The first-order valence-corrected chi connectivity index (χ1v) is 8.05. The zero-order valence-electron chi connectivity index (χ0n) is 12.8. The predicted octanol–water partition coefficient (Wildman–Crippen LogP) is 1.35. The molecule has 0 amide bonds. The van der Waals surface area contributed by atoms with E-state index < -0.39 is 0 Å². The Morgan fingerprint density at radius 1 is 1.14 bits per heavy atom. The van der Waals surface area contributed by atoms with Gasteiger partial charge in [-0.2, -0.15) is 0 Å². The summed E-state index contributed by atoms with van der Waals surface area (Å²) in [4.78, 5) is 18.5. The molecule has 3 heterocycles. The Morgan fingerprint density at radius 2 is 1.86 bits per heavy atom. The number of rotatable bonds is 2. The summed E-state index contributed by atoms with van der Waals surface area (Å²) >= 11 is 0. The quantitative estimate of drug-likeness (QED) is 0.905. The first-order valence-electron chi connectivity index (χ1n) is 8.05. The fraction of sp³-hybridized carbons (Fsp3) is 0.529. The molecule has 2 aromatic rings. The Hall–Kier alpha value is -1.68. The molecule has 0 saturated carbocycles. The van der Waals surface area contributed by atoms with Gasteiger partial charge in [0.2, 0.25) is 0 Å². The van der Waals surface area contributed by atoms with Gasteiger partial charge in [0.05, 0.1) is 13.1 Å². The lowest BCUT2D eigenvalue weighted by Gasteiger charge is -2.21. The van der Waals surface area contributed by atoms with Crippen LogP contribution in [-0.4, -0.2) is 22.5 Å². The van der Waals surface area contributed by atoms with Crippen molar-refractivity contribution in [2.75, 3.05) is 13.1 Å². The summed E-state index contributed by atoms with van der Waals surface area (Å²) in [5.41, 5.74) is 2.80. The smallest absolute Gasteiger partial charge is 0.258 e. The minimum atomic E-state index is 0.0325. The van der Waals surface area contributed by atoms with Gasteiger partial charge in [-0.3, -0.25) is 9.20 Å². The van der Waals surface area contributed by atoms with Crippen molar-refractivity contribution in [1.29, 1.82) is 0 Å². The van der Waals surface area contributed by atoms with E-state index in [-0.39, 0.29) is 5.56 Å². The Labute approximate surface area is 125 Å². The average Bonchev–Trinajstić information content (AvgIpc) is 2.43. The molecule has 0 atom stereocenters. The lowest BCUT2D eigenvalue weighted by Crippen LogP contribution is -3.10. The lowest BCUT2D eigenvalue weighted by molar-refractivity contribution is -0.915. The molecular formula is C17H24N3O+. The molecule has 0 unspecified atom stereocenters. The van der Waals surface area contributed by atoms with Crippen LogP contribution in [0, 0.1) is 6.92 Å². The SMILES string of the molecule is Cc1ccc2nc(C[NH+]3CCCCCCC3)cc(=O)n2c1. The van der Waals surface area contributed by atoms with Crippen LogP contribution in [0.3, 0.4) is 0 Å². The molecule has 0 bridgehead atoms. The number of hydrogen-bond donors (Lipinski definition) is 1. The number of quaternary nitrogens is 1. The topological polar surface area (TPSA) is 38.8 Å². The van der Waals surface area contributed by atoms with Crippen molar-refractivity contribution < 1.29 is 4.90 Å². The van der Waals surface area contributed by atoms with Gasteiger partial charge in [-0.05, 0) is 44.2 Å². The third-order valence-electron chi connectivity index (χ3n) is 4.35. The number of hydrogen-bond acceptors (Lipinski definition) is 2. The van der Waals surface area contributed by atoms with E-state index in [1.807, 2.05) is 25.3 Å². The molecular weight excluding hydrogens is 262 g/mol. The molecule has 0 aromatic carbocycles. The molecule has 4 heteroatoms. The Kier molecular flexibility index (Phi) is 4.34. The van der Waals surface area contributed by atoms with Crippen LogP contribution in [0.4, 0.5) is 0 Å². The summed E-state index contributed by atoms with van der Waals surface area (Å²) < 4.78 is 1.64. The van der Waals surface area contributed by atoms with Gasteiger partial charge in [0.25, 0.3) is 5.56 Å². The third kappa shape index (κ3) is 3.50. The van der Waals surface area contributed by atoms with Crippen LogP contribution in [0.25, 0.3) is 5.65 Å². The highest BCUT2D eigenvalue weighted by Gasteiger charge is 2.13. The molecule has 112 valence electrons. The van der Waals surface area contributed by atoms with Crippen LogP contribution < -0.4 is 10.5 Å². The molecule has 0 radical (unpaired) electrons. The van der Waals surface area contributed by atoms with Crippen molar-refractivity contribution >= 4 is 5.65 Å². The first-order chi connectivity index (χ1) is 10.2. The minimum Gasteiger partial charge on any atom is -0.330 e. The molecule has 2 aromatic heterocycles. The second kappa shape index (κ2) is 6.39. The predicted molar refractivity (Wildman–Crippen MR) is 83.7 cm³/mol. The van der Waals surface area contributed by atoms with Gasteiger partial charge in [0, 0.05) is 12.3 Å². The van der Waals surface area contributed by atoms with E-state index in [2.05, 4.69) is 4.98 Å². The lowest BCUT2D eigenvalue weighted by atomic mass is 10.1. The Bertz CT molecular complexity index is 669. The van der Waals surface area contributed by atoms with Crippen molar-refractivity contribution in [3.63, 3.8) is 0 Å². The zero-order valence-corrected chi connectivity index (χ0v) is 12.8. The van der Waals surface area contributed by atoms with Crippen LogP contribution >= 0.6 is 0 Å². The highest BCUT2D eigenvalue weighted by molar-refractivity contribution is 5.39. The van der Waals surface area contributed by atoms with Gasteiger partial charge in [-0.25, -0.2) is 4.98 Å². The van der Waals surface area contributed by atoms with Crippen molar-refractivity contribution in [2.45, 2.75) is 45.6 Å². The highest BCUT2D eigenvalue weighted by Crippen LogP contribution is 2.04. The molecule has 1 aliphatic rings. The van der Waals surface area contributed by atoms with Crippen LogP contribution in [0.5, 0.6) is 0 Å². The highest BCUT2D eigenvalue weighted by atomic mass is 16.1. The summed E-state index contributed by atoms with van der Waals surface area (Å²) in [5, 5.41) is 0. The van der Waals surface area contributed by atoms with Gasteiger partial charge in [-0.15, -0.1) is 0 Å². The maximum atomic E-state index is 12.2. The maximum Gasteiger partial charge on any atom is 0.258 e. The van der Waals surface area contributed by atoms with E-state index in [4.69, 9.17) is 0 Å². The van der Waals surface area contributed by atoms with Crippen LogP contribution in [0.1, 0.15) is 43.4 Å². The van der Waals surface area contributed by atoms with Crippen molar-refractivity contribution in [3.8, 4) is 0 Å². The molecule has 1 saturated heterocycles. The molecule has 21 heavy (non-hydrogen) atoms. The molecule has 3 rings (SSSR count). The summed E-state index contributed by atoms with van der Waals surface area (Å²) in [7, 11) is 0. The zero-order chi connectivity index (χ0) is 14.7. The number of nitrogens with one attached hydrogen (secondary N) is 1. The molecule has 1 fully saturated rings. The van der Waals surface area contributed by atoms with E-state index in [0.717, 1.165) is 23.4 Å². The van der Waals surface area contributed by atoms with Gasteiger partial charge >= 0.3 is 0 Å². The summed E-state index contributed by atoms with van der Waals surface area (Å²) in [6, 6.07) is 5.65. The molecule has 4 nitrogen and oxygen atoms in total. The normalized spacial score (nSPS) is 17.6. The van der Waals surface area contributed by atoms with E-state index in [9.17, 15) is 4.79 Å². The second-order valence-corrected chi connectivity index (χ2v) is 6.21. The minimum absolute atomic E-state index is 0.0325. The standard InChI is InChI=1S/C17H23N3O/c1-14-7-8-16-18-15(11-17(21)20(16)12-14)13-19-9-5-3-2-4-6-10-19/h7-8,11-12H,2-6,9-10,13H2,1H3/p+1. The van der Waals surface area contributed by atoms with E-state index >= 15 is 0 Å². The number of likely N-dealkylation sites (tertiary alicyclic amines) is 1. The summed E-state index contributed by atoms with van der Waals surface area (Å²) in [6.07, 6.45) is 8.51. The van der Waals surface area contributed by atoms with Gasteiger partial charge < -0.3 is 4.90 Å². The monoisotopic (exact) mass is 286 g/mol. The Morgan fingerprint density at radius 3 is 2.62 bits per heavy atom. The van der Waals surface area contributed by atoms with Crippen molar-refractivity contribution in [3.05, 3.63) is 46.0 Å². The van der Waals surface area contributed by atoms with E-state index in [1.54, 1.807) is 15.4 Å². The molecule has 0 aliphatic carbocycles. The van der Waals surface area contributed by atoms with E-state index in [1.165, 1.54) is 45.2 Å². The number of nitrogens with zero attached hydrogens (tertiary/aromatic N) is 2.